The molecule has 0 aliphatic heterocycles. The molecule has 0 saturated carbocycles. The lowest BCUT2D eigenvalue weighted by atomic mass is 9.88. The zero-order valence-corrected chi connectivity index (χ0v) is 12.9. The van der Waals surface area contributed by atoms with E-state index in [1.165, 1.54) is 16.9 Å². The fourth-order valence-corrected chi connectivity index (χ4v) is 4.03. The summed E-state index contributed by atoms with van der Waals surface area (Å²) >= 11 is 1.72. The van der Waals surface area contributed by atoms with E-state index in [0.717, 1.165) is 41.4 Å². The molecule has 2 aromatic heterocycles. The first kappa shape index (κ1) is 13.4. The van der Waals surface area contributed by atoms with Crippen LogP contribution < -0.4 is 5.32 Å². The molecule has 0 saturated heterocycles. The van der Waals surface area contributed by atoms with Gasteiger partial charge in [-0.25, -0.2) is 0 Å². The third-order valence-corrected chi connectivity index (χ3v) is 5.06. The number of thiophene rings is 1. The lowest BCUT2D eigenvalue weighted by molar-refractivity contribution is 0.102. The molecule has 3 rings (SSSR count). The van der Waals surface area contributed by atoms with Gasteiger partial charge in [-0.05, 0) is 44.6 Å². The number of rotatable bonds is 2. The largest absolute Gasteiger partial charge is 0.319 e. The van der Waals surface area contributed by atoms with Gasteiger partial charge in [-0.1, -0.05) is 6.92 Å². The van der Waals surface area contributed by atoms with Crippen molar-refractivity contribution in [2.24, 2.45) is 5.92 Å². The highest BCUT2D eigenvalue weighted by Gasteiger charge is 2.23. The second-order valence-corrected chi connectivity index (χ2v) is 6.63. The first-order valence-electron chi connectivity index (χ1n) is 6.98. The number of aromatic amines is 1. The van der Waals surface area contributed by atoms with Crippen molar-refractivity contribution >= 4 is 22.9 Å². The maximum absolute atomic E-state index is 12.5. The summed E-state index contributed by atoms with van der Waals surface area (Å²) < 4.78 is 0. The number of nitrogens with zero attached hydrogens (tertiary/aromatic N) is 1. The Bertz CT molecular complexity index is 637. The highest BCUT2D eigenvalue weighted by molar-refractivity contribution is 7.10. The first-order valence-corrected chi connectivity index (χ1v) is 7.86. The van der Waals surface area contributed by atoms with Gasteiger partial charge in [-0.15, -0.1) is 11.3 Å². The van der Waals surface area contributed by atoms with Gasteiger partial charge in [0, 0.05) is 10.3 Å². The molecule has 2 N–H and O–H groups in total. The van der Waals surface area contributed by atoms with Crippen LogP contribution in [0.25, 0.3) is 0 Å². The summed E-state index contributed by atoms with van der Waals surface area (Å²) in [6, 6.07) is 0. The van der Waals surface area contributed by atoms with Crippen molar-refractivity contribution in [1.82, 2.24) is 10.2 Å². The number of carbonyl (C=O) groups excluding carboxylic acids is 1. The molecule has 0 radical (unpaired) electrons. The van der Waals surface area contributed by atoms with Gasteiger partial charge in [0.25, 0.3) is 5.91 Å². The molecule has 2 aromatic rings. The van der Waals surface area contributed by atoms with Crippen LogP contribution in [0.1, 0.15) is 45.5 Å². The third kappa shape index (κ3) is 2.26. The van der Waals surface area contributed by atoms with Gasteiger partial charge >= 0.3 is 0 Å². The molecule has 2 heterocycles. The van der Waals surface area contributed by atoms with E-state index >= 15 is 0 Å². The summed E-state index contributed by atoms with van der Waals surface area (Å²) in [4.78, 5) is 13.9. The number of H-pyrrole nitrogens is 1. The number of fused-ring (bicyclic) bond motifs is 1. The van der Waals surface area contributed by atoms with E-state index in [9.17, 15) is 4.79 Å². The lowest BCUT2D eigenvalue weighted by Crippen LogP contribution is -2.17. The molecular formula is C15H19N3OS. The van der Waals surface area contributed by atoms with Crippen LogP contribution in [-0.2, 0) is 12.8 Å². The van der Waals surface area contributed by atoms with Crippen molar-refractivity contribution in [2.45, 2.75) is 40.0 Å². The Kier molecular flexibility index (Phi) is 3.38. The highest BCUT2D eigenvalue weighted by atomic mass is 32.1. The first-order chi connectivity index (χ1) is 9.56. The maximum atomic E-state index is 12.5. The Morgan fingerprint density at radius 2 is 2.30 bits per heavy atom. The molecule has 0 fully saturated rings. The molecule has 1 aliphatic rings. The fraction of sp³-hybridized carbons (Fsp3) is 0.467. The van der Waals surface area contributed by atoms with Crippen molar-refractivity contribution < 1.29 is 4.79 Å². The number of carbonyl (C=O) groups is 1. The summed E-state index contributed by atoms with van der Waals surface area (Å²) in [6.07, 6.45) is 3.30. The average Bonchev–Trinajstić information content (AvgIpc) is 2.96. The minimum absolute atomic E-state index is 0.00958. The Hall–Kier alpha value is -1.62. The Morgan fingerprint density at radius 3 is 3.00 bits per heavy atom. The van der Waals surface area contributed by atoms with Crippen LogP contribution in [0.3, 0.4) is 0 Å². The SMILES string of the molecule is Cc1n[nH]c(C)c1NC(=O)c1csc2c1CCC(C)C2. The number of amides is 1. The van der Waals surface area contributed by atoms with Gasteiger partial charge < -0.3 is 5.32 Å². The molecular weight excluding hydrogens is 270 g/mol. The minimum Gasteiger partial charge on any atom is -0.319 e. The number of hydrogen-bond acceptors (Lipinski definition) is 3. The van der Waals surface area contributed by atoms with Crippen LogP contribution in [0.15, 0.2) is 5.38 Å². The van der Waals surface area contributed by atoms with E-state index in [-0.39, 0.29) is 5.91 Å². The molecule has 1 atom stereocenters. The summed E-state index contributed by atoms with van der Waals surface area (Å²) in [5.74, 6) is 0.722. The zero-order chi connectivity index (χ0) is 14.3. The Labute approximate surface area is 122 Å². The van der Waals surface area contributed by atoms with Crippen LogP contribution in [0.4, 0.5) is 5.69 Å². The van der Waals surface area contributed by atoms with Gasteiger partial charge in [0.05, 0.1) is 22.6 Å². The second kappa shape index (κ2) is 5.05. The smallest absolute Gasteiger partial charge is 0.256 e. The maximum Gasteiger partial charge on any atom is 0.256 e. The Balaban J connectivity index is 1.85. The van der Waals surface area contributed by atoms with Crippen molar-refractivity contribution in [3.63, 3.8) is 0 Å². The van der Waals surface area contributed by atoms with Crippen LogP contribution >= 0.6 is 11.3 Å². The van der Waals surface area contributed by atoms with E-state index in [4.69, 9.17) is 0 Å². The van der Waals surface area contributed by atoms with Crippen LogP contribution in [0.2, 0.25) is 0 Å². The molecule has 0 bridgehead atoms. The molecule has 20 heavy (non-hydrogen) atoms. The Morgan fingerprint density at radius 1 is 1.50 bits per heavy atom. The lowest BCUT2D eigenvalue weighted by Gasteiger charge is -2.18. The quantitative estimate of drug-likeness (QED) is 0.889. The summed E-state index contributed by atoms with van der Waals surface area (Å²) in [5, 5.41) is 12.0. The standard InChI is InChI=1S/C15H19N3OS/c1-8-4-5-11-12(7-20-13(11)6-8)15(19)16-14-9(2)17-18-10(14)3/h7-8H,4-6H2,1-3H3,(H,16,19)(H,17,18). The molecule has 1 amide bonds. The van der Waals surface area contributed by atoms with E-state index < -0.39 is 0 Å². The van der Waals surface area contributed by atoms with Gasteiger partial charge in [-0.2, -0.15) is 5.10 Å². The number of hydrogen-bond donors (Lipinski definition) is 2. The fourth-order valence-electron chi connectivity index (χ4n) is 2.78. The van der Waals surface area contributed by atoms with Crippen molar-refractivity contribution in [1.29, 1.82) is 0 Å². The van der Waals surface area contributed by atoms with Crippen LogP contribution in [0.5, 0.6) is 0 Å². The van der Waals surface area contributed by atoms with Crippen LogP contribution in [0, 0.1) is 19.8 Å². The molecule has 1 aliphatic carbocycles. The average molecular weight is 289 g/mol. The highest BCUT2D eigenvalue weighted by Crippen LogP contribution is 2.33. The number of aryl methyl sites for hydroxylation is 2. The summed E-state index contributed by atoms with van der Waals surface area (Å²) in [5.41, 5.74) is 4.63. The molecule has 4 nitrogen and oxygen atoms in total. The van der Waals surface area contributed by atoms with Gasteiger partial charge in [0.15, 0.2) is 0 Å². The van der Waals surface area contributed by atoms with Gasteiger partial charge in [0.1, 0.15) is 0 Å². The number of nitrogens with one attached hydrogen (secondary N) is 2. The zero-order valence-electron chi connectivity index (χ0n) is 12.0. The third-order valence-electron chi connectivity index (χ3n) is 4.01. The van der Waals surface area contributed by atoms with Crippen molar-refractivity contribution in [3.8, 4) is 0 Å². The number of anilines is 1. The van der Waals surface area contributed by atoms with Gasteiger partial charge in [-0.3, -0.25) is 9.89 Å². The van der Waals surface area contributed by atoms with E-state index in [0.29, 0.717) is 0 Å². The summed E-state index contributed by atoms with van der Waals surface area (Å²) in [7, 11) is 0. The normalized spacial score (nSPS) is 17.9. The van der Waals surface area contributed by atoms with Gasteiger partial charge in [0.2, 0.25) is 0 Å². The number of aromatic nitrogens is 2. The second-order valence-electron chi connectivity index (χ2n) is 5.66. The molecule has 0 aromatic carbocycles. The molecule has 106 valence electrons. The molecule has 0 spiro atoms. The predicted molar refractivity (Wildman–Crippen MR) is 81.5 cm³/mol. The monoisotopic (exact) mass is 289 g/mol. The minimum atomic E-state index is -0.00958. The molecule has 1 unspecified atom stereocenters. The van der Waals surface area contributed by atoms with Crippen molar-refractivity contribution in [2.75, 3.05) is 5.32 Å². The van der Waals surface area contributed by atoms with E-state index in [1.807, 2.05) is 19.2 Å². The topological polar surface area (TPSA) is 57.8 Å². The summed E-state index contributed by atoms with van der Waals surface area (Å²) in [6.45, 7) is 6.09. The van der Waals surface area contributed by atoms with E-state index in [2.05, 4.69) is 22.4 Å². The van der Waals surface area contributed by atoms with Crippen LogP contribution in [-0.4, -0.2) is 16.1 Å². The van der Waals surface area contributed by atoms with E-state index in [1.54, 1.807) is 11.3 Å². The van der Waals surface area contributed by atoms with Crippen molar-refractivity contribution in [3.05, 3.63) is 32.8 Å². The molecule has 5 heteroatoms. The predicted octanol–water partition coefficient (Wildman–Crippen LogP) is 3.47.